The fourth-order valence-electron chi connectivity index (χ4n) is 1.68. The van der Waals surface area contributed by atoms with Gasteiger partial charge in [0.05, 0.1) is 11.3 Å². The molecule has 0 atom stereocenters. The highest BCUT2D eigenvalue weighted by Crippen LogP contribution is 2.36. The largest absolute Gasteiger partial charge is 0.418 e. The number of alkyl halides is 3. The number of hydrogen-bond donors (Lipinski definition) is 2. The van der Waals surface area contributed by atoms with E-state index in [1.807, 2.05) is 0 Å². The number of hydrogen-bond acceptors (Lipinski definition) is 1. The van der Waals surface area contributed by atoms with E-state index in [0.717, 1.165) is 10.5 Å². The second kappa shape index (κ2) is 6.85. The van der Waals surface area contributed by atoms with Gasteiger partial charge in [-0.2, -0.15) is 13.2 Å². The summed E-state index contributed by atoms with van der Waals surface area (Å²) in [5, 5.41) is 5.40. The molecule has 0 aliphatic heterocycles. The molecule has 22 heavy (non-hydrogen) atoms. The molecule has 0 radical (unpaired) electrons. The Morgan fingerprint density at radius 1 is 1.05 bits per heavy atom. The SMILES string of the molecule is FC(F)(F)c1cc(Cl)ccc1NC(=S)Nc1ccc(Br)cc1. The second-order valence-electron chi connectivity index (χ2n) is 4.27. The molecule has 2 nitrogen and oxygen atoms in total. The van der Waals surface area contributed by atoms with E-state index < -0.39 is 11.7 Å². The van der Waals surface area contributed by atoms with Gasteiger partial charge >= 0.3 is 6.18 Å². The number of rotatable bonds is 2. The molecule has 2 aromatic rings. The lowest BCUT2D eigenvalue weighted by Crippen LogP contribution is -2.21. The van der Waals surface area contributed by atoms with Gasteiger partial charge in [-0.3, -0.25) is 0 Å². The lowest BCUT2D eigenvalue weighted by Gasteiger charge is -2.16. The van der Waals surface area contributed by atoms with Crippen LogP contribution in [0.3, 0.4) is 0 Å². The van der Waals surface area contributed by atoms with Crippen molar-refractivity contribution in [2.75, 3.05) is 10.6 Å². The molecule has 8 heteroatoms. The monoisotopic (exact) mass is 408 g/mol. The van der Waals surface area contributed by atoms with Crippen LogP contribution in [-0.2, 0) is 6.18 Å². The quantitative estimate of drug-likeness (QED) is 0.601. The Morgan fingerprint density at radius 3 is 2.27 bits per heavy atom. The molecular weight excluding hydrogens is 401 g/mol. The summed E-state index contributed by atoms with van der Waals surface area (Å²) < 4.78 is 39.8. The van der Waals surface area contributed by atoms with Crippen molar-refractivity contribution in [2.45, 2.75) is 6.18 Å². The molecule has 116 valence electrons. The first-order valence-corrected chi connectivity index (χ1v) is 7.54. The molecule has 0 aromatic heterocycles. The van der Waals surface area contributed by atoms with E-state index in [-0.39, 0.29) is 15.8 Å². The average molecular weight is 410 g/mol. The third-order valence-corrected chi connectivity index (χ3v) is 3.61. The van der Waals surface area contributed by atoms with Crippen LogP contribution in [0, 0.1) is 0 Å². The molecule has 2 aromatic carbocycles. The molecule has 0 fully saturated rings. The molecule has 0 heterocycles. The van der Waals surface area contributed by atoms with Gasteiger partial charge in [0.15, 0.2) is 5.11 Å². The predicted octanol–water partition coefficient (Wildman–Crippen LogP) is 5.93. The van der Waals surface area contributed by atoms with E-state index in [2.05, 4.69) is 26.6 Å². The smallest absolute Gasteiger partial charge is 0.332 e. The normalized spacial score (nSPS) is 11.1. The highest BCUT2D eigenvalue weighted by molar-refractivity contribution is 9.10. The van der Waals surface area contributed by atoms with E-state index in [4.69, 9.17) is 23.8 Å². The van der Waals surface area contributed by atoms with Crippen LogP contribution in [0.25, 0.3) is 0 Å². The van der Waals surface area contributed by atoms with Crippen LogP contribution in [-0.4, -0.2) is 5.11 Å². The van der Waals surface area contributed by atoms with Gasteiger partial charge in [0.2, 0.25) is 0 Å². The summed E-state index contributed by atoms with van der Waals surface area (Å²) in [6, 6.07) is 10.5. The molecular formula is C14H9BrClF3N2S. The minimum absolute atomic E-state index is 0.00432. The van der Waals surface area contributed by atoms with Crippen LogP contribution >= 0.6 is 39.7 Å². The molecule has 0 aliphatic carbocycles. The minimum Gasteiger partial charge on any atom is -0.332 e. The van der Waals surface area contributed by atoms with Gasteiger partial charge in [-0.05, 0) is 54.7 Å². The maximum absolute atomic E-state index is 13.0. The fraction of sp³-hybridized carbons (Fsp3) is 0.0714. The molecule has 0 saturated carbocycles. The Morgan fingerprint density at radius 2 is 1.68 bits per heavy atom. The Balaban J connectivity index is 2.16. The number of thiocarbonyl (C=S) groups is 1. The van der Waals surface area contributed by atoms with E-state index in [1.54, 1.807) is 24.3 Å². The zero-order valence-electron chi connectivity index (χ0n) is 10.8. The van der Waals surface area contributed by atoms with Gasteiger partial charge in [0.1, 0.15) is 0 Å². The van der Waals surface area contributed by atoms with Crippen LogP contribution in [0.15, 0.2) is 46.9 Å². The number of benzene rings is 2. The van der Waals surface area contributed by atoms with Crippen molar-refractivity contribution in [3.8, 4) is 0 Å². The molecule has 0 aliphatic rings. The lowest BCUT2D eigenvalue weighted by atomic mass is 10.1. The first-order valence-electron chi connectivity index (χ1n) is 5.96. The number of halogens is 5. The lowest BCUT2D eigenvalue weighted by molar-refractivity contribution is -0.136. The van der Waals surface area contributed by atoms with Crippen molar-refractivity contribution in [2.24, 2.45) is 0 Å². The number of nitrogens with one attached hydrogen (secondary N) is 2. The molecule has 0 spiro atoms. The fourth-order valence-corrected chi connectivity index (χ4v) is 2.34. The molecule has 2 N–H and O–H groups in total. The predicted molar refractivity (Wildman–Crippen MR) is 90.4 cm³/mol. The molecule has 0 saturated heterocycles. The highest BCUT2D eigenvalue weighted by Gasteiger charge is 2.34. The topological polar surface area (TPSA) is 24.1 Å². The summed E-state index contributed by atoms with van der Waals surface area (Å²) in [5.41, 5.74) is -0.380. The first-order chi connectivity index (χ1) is 10.3. The van der Waals surface area contributed by atoms with Crippen molar-refractivity contribution in [1.82, 2.24) is 0 Å². The maximum atomic E-state index is 13.0. The Bertz CT molecular complexity index is 689. The third-order valence-electron chi connectivity index (χ3n) is 2.64. The molecule has 2 rings (SSSR count). The average Bonchev–Trinajstić information content (AvgIpc) is 2.42. The summed E-state index contributed by atoms with van der Waals surface area (Å²) in [7, 11) is 0. The molecule has 0 bridgehead atoms. The third kappa shape index (κ3) is 4.59. The van der Waals surface area contributed by atoms with E-state index >= 15 is 0 Å². The zero-order chi connectivity index (χ0) is 16.3. The first kappa shape index (κ1) is 17.1. The van der Waals surface area contributed by atoms with Crippen LogP contribution in [0.2, 0.25) is 5.02 Å². The highest BCUT2D eigenvalue weighted by atomic mass is 79.9. The van der Waals surface area contributed by atoms with Crippen molar-refractivity contribution in [3.63, 3.8) is 0 Å². The summed E-state index contributed by atoms with van der Waals surface area (Å²) in [4.78, 5) is 0. The van der Waals surface area contributed by atoms with Crippen LogP contribution < -0.4 is 10.6 Å². The second-order valence-corrected chi connectivity index (χ2v) is 6.03. The Labute approximate surface area is 143 Å². The van der Waals surface area contributed by atoms with Gasteiger partial charge in [0.25, 0.3) is 0 Å². The minimum atomic E-state index is -4.53. The Hall–Kier alpha value is -1.31. The summed E-state index contributed by atoms with van der Waals surface area (Å²) in [6.45, 7) is 0. The zero-order valence-corrected chi connectivity index (χ0v) is 14.0. The summed E-state index contributed by atoms with van der Waals surface area (Å²) in [6.07, 6.45) is -4.53. The van der Waals surface area contributed by atoms with Crippen molar-refractivity contribution in [3.05, 3.63) is 57.5 Å². The standard InChI is InChI=1S/C14H9BrClF3N2S/c15-8-1-4-10(5-2-8)20-13(22)21-12-6-3-9(16)7-11(12)14(17,18)19/h1-7H,(H2,20,21,22). The maximum Gasteiger partial charge on any atom is 0.418 e. The van der Waals surface area contributed by atoms with Crippen molar-refractivity contribution in [1.29, 1.82) is 0 Å². The van der Waals surface area contributed by atoms with Gasteiger partial charge < -0.3 is 10.6 Å². The van der Waals surface area contributed by atoms with Crippen molar-refractivity contribution < 1.29 is 13.2 Å². The number of anilines is 2. The van der Waals surface area contributed by atoms with Crippen LogP contribution in [0.5, 0.6) is 0 Å². The van der Waals surface area contributed by atoms with E-state index in [0.29, 0.717) is 5.69 Å². The summed E-state index contributed by atoms with van der Waals surface area (Å²) >= 11 is 13.9. The van der Waals surface area contributed by atoms with Gasteiger partial charge in [-0.15, -0.1) is 0 Å². The van der Waals surface area contributed by atoms with Crippen molar-refractivity contribution >= 4 is 56.2 Å². The van der Waals surface area contributed by atoms with Crippen LogP contribution in [0.4, 0.5) is 24.5 Å². The van der Waals surface area contributed by atoms with Gasteiger partial charge in [-0.25, -0.2) is 0 Å². The molecule has 0 amide bonds. The summed E-state index contributed by atoms with van der Waals surface area (Å²) in [5.74, 6) is 0. The molecule has 0 unspecified atom stereocenters. The van der Waals surface area contributed by atoms with Gasteiger partial charge in [-0.1, -0.05) is 27.5 Å². The Kier molecular flexibility index (Phi) is 5.31. The van der Waals surface area contributed by atoms with E-state index in [9.17, 15) is 13.2 Å². The van der Waals surface area contributed by atoms with Crippen LogP contribution in [0.1, 0.15) is 5.56 Å². The van der Waals surface area contributed by atoms with Gasteiger partial charge in [0, 0.05) is 15.2 Å². The van der Waals surface area contributed by atoms with E-state index in [1.165, 1.54) is 12.1 Å².